The van der Waals surface area contributed by atoms with Crippen LogP contribution in [0.5, 0.6) is 0 Å². The third-order valence-corrected chi connectivity index (χ3v) is 1.84. The third kappa shape index (κ3) is 23.6. The Bertz CT molecular complexity index is 190. The minimum atomic E-state index is -0.750. The maximum Gasteiger partial charge on any atom is 2.00 e. The number of nitrogens with two attached hydrogens (primary N) is 1. The Kier molecular flexibility index (Phi) is 19.8. The second kappa shape index (κ2) is 14.9. The van der Waals surface area contributed by atoms with Crippen molar-refractivity contribution in [2.45, 2.75) is 45.6 Å². The van der Waals surface area contributed by atoms with Crippen LogP contribution in [-0.2, 0) is 42.3 Å². The topological polar surface area (TPSA) is 72.2 Å². The summed E-state index contributed by atoms with van der Waals surface area (Å²) in [5.74, 6) is 0. The summed E-state index contributed by atoms with van der Waals surface area (Å²) in [5, 5.41) is 1.66. The van der Waals surface area contributed by atoms with Gasteiger partial charge < -0.3 is 45.9 Å². The summed E-state index contributed by atoms with van der Waals surface area (Å²) < 4.78 is 0. The second-order valence-corrected chi connectivity index (χ2v) is 3.77. The smallest absolute Gasteiger partial charge is 0.719 e. The summed E-state index contributed by atoms with van der Waals surface area (Å²) in [6, 6.07) is 0.292. The molecule has 99 valence electrons. The maximum absolute atomic E-state index is 10.5. The van der Waals surface area contributed by atoms with Crippen molar-refractivity contribution < 1.29 is 26.7 Å². The minimum Gasteiger partial charge on any atom is -0.719 e. The van der Waals surface area contributed by atoms with E-state index in [2.05, 4.69) is 50.2 Å². The quantitative estimate of drug-likeness (QED) is 0.600. The van der Waals surface area contributed by atoms with Gasteiger partial charge in [-0.2, -0.15) is 0 Å². The summed E-state index contributed by atoms with van der Waals surface area (Å²) in [4.78, 5) is 19.5. The van der Waals surface area contributed by atoms with Crippen molar-refractivity contribution in [1.29, 1.82) is 0 Å². The fourth-order valence-corrected chi connectivity index (χ4v) is 1.16. The molecule has 0 saturated heterocycles. The molecule has 0 aliphatic rings. The molecular weight excluding hydrogens is 296 g/mol. The Morgan fingerprint density at radius 2 is 1.75 bits per heavy atom. The summed E-state index contributed by atoms with van der Waals surface area (Å²) in [7, 11) is 0. The fourth-order valence-electron chi connectivity index (χ4n) is 0.996. The van der Waals surface area contributed by atoms with Gasteiger partial charge in [0.15, 0.2) is 0 Å². The van der Waals surface area contributed by atoms with E-state index in [9.17, 15) is 4.79 Å². The summed E-state index contributed by atoms with van der Waals surface area (Å²) in [5.41, 5.74) is 4.29. The van der Waals surface area contributed by atoms with E-state index in [-0.39, 0.29) is 22.3 Å². The van der Waals surface area contributed by atoms with Crippen molar-refractivity contribution >= 4 is 35.7 Å². The molecule has 0 aromatic rings. The van der Waals surface area contributed by atoms with E-state index < -0.39 is 5.24 Å². The maximum atomic E-state index is 10.5. The zero-order chi connectivity index (χ0) is 12.3. The molecule has 1 atom stereocenters. The van der Waals surface area contributed by atoms with Gasteiger partial charge in [0, 0.05) is 6.04 Å². The third-order valence-electron chi connectivity index (χ3n) is 1.72. The molecule has 0 aliphatic carbocycles. The number of rotatable bonds is 5. The number of nitrogens with one attached hydrogen (secondary N) is 1. The molecule has 4 nitrogen and oxygen atoms in total. The van der Waals surface area contributed by atoms with Crippen molar-refractivity contribution in [3.05, 3.63) is 0 Å². The number of carbonyl (C=O) groups is 2. The molecule has 0 saturated carbocycles. The molecule has 0 aromatic carbocycles. The van der Waals surface area contributed by atoms with Gasteiger partial charge in [-0.05, 0) is 12.8 Å². The van der Waals surface area contributed by atoms with Crippen LogP contribution in [0.1, 0.15) is 39.5 Å². The summed E-state index contributed by atoms with van der Waals surface area (Å²) in [6.45, 7) is 4.20. The van der Waals surface area contributed by atoms with E-state index in [1.54, 1.807) is 0 Å². The first-order valence-electron chi connectivity index (χ1n) is 4.87. The van der Waals surface area contributed by atoms with E-state index >= 15 is 0 Å². The normalized spacial score (nSPS) is 10.1. The number of hydrogen-bond acceptors (Lipinski definition) is 4. The fraction of sp³-hybridized carbons (Fsp3) is 0.778. The van der Waals surface area contributed by atoms with Crippen LogP contribution in [0, 0.1) is 0 Å². The monoisotopic (exact) mass is 313 g/mol. The van der Waals surface area contributed by atoms with Crippen molar-refractivity contribution in [2.75, 3.05) is 0 Å². The summed E-state index contributed by atoms with van der Waals surface area (Å²) in [6.07, 6.45) is 4.36. The molecule has 0 heterocycles. The molecule has 0 rings (SSSR count). The second-order valence-electron chi connectivity index (χ2n) is 3.00. The zero-order valence-corrected chi connectivity index (χ0v) is 12.0. The van der Waals surface area contributed by atoms with Gasteiger partial charge in [0.05, 0.1) is 10.5 Å². The molecule has 0 bridgehead atoms. The van der Waals surface area contributed by atoms with Gasteiger partial charge >= 0.3 is 17.1 Å². The Morgan fingerprint density at radius 1 is 1.31 bits per heavy atom. The largest absolute Gasteiger partial charge is 2.00 e. The van der Waals surface area contributed by atoms with Crippen molar-refractivity contribution in [1.82, 2.24) is 5.32 Å². The van der Waals surface area contributed by atoms with Crippen molar-refractivity contribution in [3.8, 4) is 0 Å². The van der Waals surface area contributed by atoms with Gasteiger partial charge in [-0.15, -0.1) is 0 Å². The Balaban J connectivity index is -0.000000292. The van der Waals surface area contributed by atoms with Crippen LogP contribution in [0.2, 0.25) is 0 Å². The number of amides is 2. The van der Waals surface area contributed by atoms with Gasteiger partial charge in [-0.1, -0.05) is 26.7 Å². The van der Waals surface area contributed by atoms with Gasteiger partial charge in [-0.3, -0.25) is 0 Å². The Morgan fingerprint density at radius 3 is 2.00 bits per heavy atom. The van der Waals surface area contributed by atoms with Crippen LogP contribution >= 0.6 is 0 Å². The first-order valence-corrected chi connectivity index (χ1v) is 5.69. The number of primary amides is 1. The average molecular weight is 314 g/mol. The van der Waals surface area contributed by atoms with Crippen LogP contribution in [0.4, 0.5) is 9.59 Å². The molecule has 0 aliphatic heterocycles. The minimum absolute atomic E-state index is 0. The van der Waals surface area contributed by atoms with Crippen molar-refractivity contribution in [3.63, 3.8) is 0 Å². The molecule has 0 spiro atoms. The van der Waals surface area contributed by atoms with Crippen LogP contribution in [-0.4, -0.2) is 16.5 Å². The number of carbonyl (C=O) groups excluding carboxylic acids is 2. The predicted octanol–water partition coefficient (Wildman–Crippen LogP) is 1.82. The van der Waals surface area contributed by atoms with E-state index in [0.717, 1.165) is 19.3 Å². The van der Waals surface area contributed by atoms with E-state index in [1.165, 1.54) is 6.42 Å². The van der Waals surface area contributed by atoms with E-state index in [1.807, 2.05) is 0 Å². The van der Waals surface area contributed by atoms with Crippen LogP contribution in [0.15, 0.2) is 0 Å². The van der Waals surface area contributed by atoms with Gasteiger partial charge in [0.1, 0.15) is 0 Å². The molecule has 3 N–H and O–H groups in total. The van der Waals surface area contributed by atoms with Gasteiger partial charge in [-0.25, -0.2) is 0 Å². The molecular formula is C9H18CuN2O2S2. The Labute approximate surface area is 119 Å². The van der Waals surface area contributed by atoms with E-state index in [4.69, 9.17) is 4.79 Å². The average Bonchev–Trinajstić information content (AvgIpc) is 2.10. The summed E-state index contributed by atoms with van der Waals surface area (Å²) >= 11 is 8.18. The first-order chi connectivity index (χ1) is 6.93. The molecule has 1 radical (unpaired) electrons. The first kappa shape index (κ1) is 21.2. The van der Waals surface area contributed by atoms with Crippen LogP contribution in [0.3, 0.4) is 0 Å². The Hall–Kier alpha value is -0.101. The van der Waals surface area contributed by atoms with E-state index in [0.29, 0.717) is 6.04 Å². The molecule has 0 aromatic heterocycles. The van der Waals surface area contributed by atoms with Crippen molar-refractivity contribution in [2.24, 2.45) is 5.73 Å². The molecule has 0 fully saturated rings. The van der Waals surface area contributed by atoms with Crippen LogP contribution in [0.25, 0.3) is 0 Å². The molecule has 7 heteroatoms. The number of unbranched alkanes of at least 4 members (excludes halogenated alkanes) is 1. The molecule has 2 amide bonds. The van der Waals surface area contributed by atoms with Gasteiger partial charge in [0.25, 0.3) is 0 Å². The molecule has 16 heavy (non-hydrogen) atoms. The van der Waals surface area contributed by atoms with Gasteiger partial charge in [0.2, 0.25) is 0 Å². The van der Waals surface area contributed by atoms with Crippen LogP contribution < -0.4 is 11.1 Å². The standard InChI is InChI=1S/C8H17NOS.CH3NOS.Cu/c1-3-5-6-7(4-2)9-8(10)11;2-1(3)4;/h7H,3-6H2,1-2H3,(H2,9,10,11);(H3,2,3,4);/q;;+2/p-2. The number of hydrogen-bond donors (Lipinski definition) is 2. The SMILES string of the molecule is CCCCC(CC)NC(=O)[S-].NC(=O)[S-].[Cu+2]. The zero-order valence-electron chi connectivity index (χ0n) is 9.42. The predicted molar refractivity (Wildman–Crippen MR) is 66.4 cm³/mol. The molecule has 1 unspecified atom stereocenters.